The molecule has 1 aliphatic rings. The Balaban J connectivity index is 1.57. The molecular formula is C13H17NOS3. The van der Waals surface area contributed by atoms with Gasteiger partial charge < -0.3 is 0 Å². The molecule has 1 fully saturated rings. The van der Waals surface area contributed by atoms with E-state index in [1.165, 1.54) is 36.8 Å². The van der Waals surface area contributed by atoms with Gasteiger partial charge in [-0.15, -0.1) is 0 Å². The minimum Gasteiger partial charge on any atom is -0.287 e. The van der Waals surface area contributed by atoms with Crippen molar-refractivity contribution in [3.8, 4) is 0 Å². The van der Waals surface area contributed by atoms with Crippen molar-refractivity contribution in [2.24, 2.45) is 0 Å². The summed E-state index contributed by atoms with van der Waals surface area (Å²) in [7, 11) is 4.01. The number of carbonyl (C=O) groups is 1. The summed E-state index contributed by atoms with van der Waals surface area (Å²) in [6.45, 7) is 0. The lowest BCUT2D eigenvalue weighted by Gasteiger charge is -2.06. The molecule has 98 valence electrons. The summed E-state index contributed by atoms with van der Waals surface area (Å²) in [5, 5.41) is 1.88. The average Bonchev–Trinajstić information content (AvgIpc) is 2.89. The van der Waals surface area contributed by atoms with Crippen molar-refractivity contribution in [3.63, 3.8) is 0 Å². The highest BCUT2D eigenvalue weighted by atomic mass is 33.1. The van der Waals surface area contributed by atoms with Crippen LogP contribution in [0.25, 0.3) is 0 Å². The second kappa shape index (κ2) is 8.12. The second-order valence-corrected chi connectivity index (χ2v) is 8.08. The number of unbranched alkanes of at least 4 members (excludes halogenated alkanes) is 1. The van der Waals surface area contributed by atoms with E-state index in [0.717, 1.165) is 16.7 Å². The highest BCUT2D eigenvalue weighted by Gasteiger charge is 2.15. The molecule has 1 aromatic rings. The van der Waals surface area contributed by atoms with Crippen molar-refractivity contribution in [1.29, 1.82) is 0 Å². The molecule has 0 aromatic carbocycles. The molecule has 0 aliphatic carbocycles. The van der Waals surface area contributed by atoms with Crippen LogP contribution in [0.5, 0.6) is 0 Å². The molecular weight excluding hydrogens is 282 g/mol. The van der Waals surface area contributed by atoms with Gasteiger partial charge in [-0.25, -0.2) is 4.98 Å². The summed E-state index contributed by atoms with van der Waals surface area (Å²) in [5.74, 6) is 1.30. The number of carbonyl (C=O) groups excluding carboxylic acids is 1. The van der Waals surface area contributed by atoms with Crippen molar-refractivity contribution >= 4 is 38.5 Å². The molecule has 0 bridgehead atoms. The minimum absolute atomic E-state index is 0.238. The van der Waals surface area contributed by atoms with E-state index in [0.29, 0.717) is 6.42 Å². The van der Waals surface area contributed by atoms with Crippen molar-refractivity contribution in [1.82, 2.24) is 4.98 Å². The summed E-state index contributed by atoms with van der Waals surface area (Å²) < 4.78 is 0. The van der Waals surface area contributed by atoms with E-state index in [-0.39, 0.29) is 5.12 Å². The van der Waals surface area contributed by atoms with Crippen LogP contribution in [0, 0.1) is 0 Å². The molecule has 0 N–H and O–H groups in total. The van der Waals surface area contributed by atoms with Crippen LogP contribution >= 0.6 is 33.3 Å². The van der Waals surface area contributed by atoms with Crippen LogP contribution in [0.2, 0.25) is 0 Å². The van der Waals surface area contributed by atoms with Crippen LogP contribution in [0.15, 0.2) is 29.4 Å². The molecule has 5 heteroatoms. The number of aromatic nitrogens is 1. The Bertz CT molecular complexity index is 366. The van der Waals surface area contributed by atoms with Gasteiger partial charge in [0.25, 0.3) is 0 Å². The molecule has 2 heterocycles. The number of hydrogen-bond acceptors (Lipinski definition) is 5. The van der Waals surface area contributed by atoms with Gasteiger partial charge in [0.1, 0.15) is 5.03 Å². The molecule has 0 amide bonds. The van der Waals surface area contributed by atoms with E-state index < -0.39 is 0 Å². The Kier molecular flexibility index (Phi) is 6.45. The minimum atomic E-state index is 0.238. The molecule has 1 atom stereocenters. The van der Waals surface area contributed by atoms with E-state index in [1.54, 1.807) is 6.20 Å². The van der Waals surface area contributed by atoms with E-state index in [2.05, 4.69) is 4.98 Å². The SMILES string of the molecule is O=C(CCCCC1CCSS1)Sc1ccccn1. The number of rotatable bonds is 6. The standard InChI is InChI=1S/C13H17NOS3/c15-13(17-12-6-3-4-9-14-12)7-2-1-5-11-8-10-16-18-11/h3-4,6,9,11H,1-2,5,7-8,10H2. The van der Waals surface area contributed by atoms with E-state index in [1.807, 2.05) is 39.8 Å². The van der Waals surface area contributed by atoms with Crippen molar-refractivity contribution < 1.29 is 4.79 Å². The van der Waals surface area contributed by atoms with Crippen molar-refractivity contribution in [3.05, 3.63) is 24.4 Å². The van der Waals surface area contributed by atoms with Crippen LogP contribution in [0.4, 0.5) is 0 Å². The Morgan fingerprint density at radius 2 is 2.39 bits per heavy atom. The molecule has 2 rings (SSSR count). The van der Waals surface area contributed by atoms with Crippen LogP contribution in [0.3, 0.4) is 0 Å². The fourth-order valence-electron chi connectivity index (χ4n) is 1.78. The number of nitrogens with zero attached hydrogens (tertiary/aromatic N) is 1. The van der Waals surface area contributed by atoms with Crippen LogP contribution in [-0.2, 0) is 4.79 Å². The monoisotopic (exact) mass is 299 g/mol. The molecule has 0 spiro atoms. The summed E-state index contributed by atoms with van der Waals surface area (Å²) in [5.41, 5.74) is 0. The fraction of sp³-hybridized carbons (Fsp3) is 0.538. The molecule has 2 nitrogen and oxygen atoms in total. The Hall–Kier alpha value is -0.130. The summed E-state index contributed by atoms with van der Waals surface area (Å²) >= 11 is 1.27. The first-order valence-electron chi connectivity index (χ1n) is 6.24. The van der Waals surface area contributed by atoms with Crippen LogP contribution < -0.4 is 0 Å². The third-order valence-corrected chi connectivity index (χ3v) is 6.63. The molecule has 0 radical (unpaired) electrons. The maximum atomic E-state index is 11.7. The molecule has 18 heavy (non-hydrogen) atoms. The highest BCUT2D eigenvalue weighted by molar-refractivity contribution is 8.77. The van der Waals surface area contributed by atoms with E-state index in [9.17, 15) is 4.79 Å². The van der Waals surface area contributed by atoms with Crippen LogP contribution in [-0.4, -0.2) is 21.1 Å². The molecule has 1 saturated heterocycles. The normalized spacial score (nSPS) is 19.0. The second-order valence-electron chi connectivity index (χ2n) is 4.22. The van der Waals surface area contributed by atoms with E-state index >= 15 is 0 Å². The van der Waals surface area contributed by atoms with Crippen LogP contribution in [0.1, 0.15) is 32.1 Å². The van der Waals surface area contributed by atoms with Gasteiger partial charge >= 0.3 is 0 Å². The average molecular weight is 299 g/mol. The Morgan fingerprint density at radius 3 is 3.11 bits per heavy atom. The predicted octanol–water partition coefficient (Wildman–Crippen LogP) is 4.41. The van der Waals surface area contributed by atoms with Gasteiger partial charge in [-0.1, -0.05) is 34.1 Å². The largest absolute Gasteiger partial charge is 0.287 e. The smallest absolute Gasteiger partial charge is 0.195 e. The first-order chi connectivity index (χ1) is 8.84. The lowest BCUT2D eigenvalue weighted by molar-refractivity contribution is -0.111. The third-order valence-electron chi connectivity index (χ3n) is 2.74. The van der Waals surface area contributed by atoms with Gasteiger partial charge in [0.05, 0.1) is 0 Å². The fourth-order valence-corrected chi connectivity index (χ4v) is 5.55. The number of thioether (sulfide) groups is 1. The quantitative estimate of drug-likeness (QED) is 0.441. The Morgan fingerprint density at radius 1 is 1.44 bits per heavy atom. The molecule has 1 aliphatic heterocycles. The van der Waals surface area contributed by atoms with Crippen molar-refractivity contribution in [2.75, 3.05) is 5.75 Å². The topological polar surface area (TPSA) is 30.0 Å². The zero-order chi connectivity index (χ0) is 12.6. The summed E-state index contributed by atoms with van der Waals surface area (Å²) in [6, 6.07) is 5.67. The zero-order valence-electron chi connectivity index (χ0n) is 10.2. The Labute approximate surface area is 120 Å². The summed E-state index contributed by atoms with van der Waals surface area (Å²) in [6.07, 6.45) is 7.19. The van der Waals surface area contributed by atoms with E-state index in [4.69, 9.17) is 0 Å². The lowest BCUT2D eigenvalue weighted by atomic mass is 10.1. The molecule has 1 unspecified atom stereocenters. The first kappa shape index (κ1) is 14.3. The predicted molar refractivity (Wildman–Crippen MR) is 82.0 cm³/mol. The van der Waals surface area contributed by atoms with Gasteiger partial charge in [0.2, 0.25) is 0 Å². The first-order valence-corrected chi connectivity index (χ1v) is 9.44. The molecule has 0 saturated carbocycles. The summed E-state index contributed by atoms with van der Waals surface area (Å²) in [4.78, 5) is 15.9. The van der Waals surface area contributed by atoms with Gasteiger partial charge in [0.15, 0.2) is 5.12 Å². The lowest BCUT2D eigenvalue weighted by Crippen LogP contribution is -1.98. The number of hydrogen-bond donors (Lipinski definition) is 0. The maximum Gasteiger partial charge on any atom is 0.195 e. The van der Waals surface area contributed by atoms with Gasteiger partial charge in [-0.05, 0) is 43.2 Å². The van der Waals surface area contributed by atoms with Gasteiger partial charge in [-0.3, -0.25) is 4.79 Å². The third kappa shape index (κ3) is 5.24. The highest BCUT2D eigenvalue weighted by Crippen LogP contribution is 2.39. The molecule has 1 aromatic heterocycles. The maximum absolute atomic E-state index is 11.7. The van der Waals surface area contributed by atoms with Crippen molar-refractivity contribution in [2.45, 2.75) is 42.4 Å². The zero-order valence-corrected chi connectivity index (χ0v) is 12.7. The van der Waals surface area contributed by atoms with Gasteiger partial charge in [0, 0.05) is 23.6 Å². The number of pyridine rings is 1. The van der Waals surface area contributed by atoms with Gasteiger partial charge in [-0.2, -0.15) is 0 Å².